The molecule has 372 valence electrons. The van der Waals surface area contributed by atoms with Gasteiger partial charge in [-0.1, -0.05) is 32.4 Å². The number of piperidine rings is 1. The molecule has 2 aromatic carbocycles. The molecule has 69 heavy (non-hydrogen) atoms. The Balaban J connectivity index is 0.000000203. The lowest BCUT2D eigenvalue weighted by atomic mass is 9.81. The van der Waals surface area contributed by atoms with Gasteiger partial charge >= 0.3 is 42.2 Å². The summed E-state index contributed by atoms with van der Waals surface area (Å²) >= 11 is 0. The van der Waals surface area contributed by atoms with Gasteiger partial charge in [0, 0.05) is 49.2 Å². The average Bonchev–Trinajstić information content (AvgIpc) is 3.70. The molecule has 2 aliphatic heterocycles. The van der Waals surface area contributed by atoms with Crippen LogP contribution in [0.3, 0.4) is 0 Å². The van der Waals surface area contributed by atoms with Crippen LogP contribution in [0.2, 0.25) is 0 Å². The number of nitrogens with one attached hydrogen (secondary N) is 2. The van der Waals surface area contributed by atoms with E-state index in [0.717, 1.165) is 61.4 Å². The third-order valence-corrected chi connectivity index (χ3v) is 12.6. The number of rotatable bonds is 9. The fraction of sp³-hybridized carbons (Fsp3) is 0.400. The van der Waals surface area contributed by atoms with E-state index in [2.05, 4.69) is 19.8 Å². The van der Waals surface area contributed by atoms with Crippen molar-refractivity contribution in [3.63, 3.8) is 0 Å². The summed E-state index contributed by atoms with van der Waals surface area (Å²) in [6, 6.07) is 15.6. The van der Waals surface area contributed by atoms with Crippen LogP contribution < -0.4 is 26.7 Å². The van der Waals surface area contributed by atoms with Gasteiger partial charge < -0.3 is 51.0 Å². The number of carboxylic acids is 5. The molecule has 4 heterocycles. The zero-order chi connectivity index (χ0) is 51.5. The lowest BCUT2D eigenvalue weighted by molar-refractivity contribution is -0.193. The molecule has 2 unspecified atom stereocenters. The van der Waals surface area contributed by atoms with E-state index >= 15 is 0 Å². The van der Waals surface area contributed by atoms with Crippen LogP contribution in [-0.4, -0.2) is 110 Å². The van der Waals surface area contributed by atoms with Gasteiger partial charge in [-0.3, -0.25) is 14.4 Å². The van der Waals surface area contributed by atoms with Crippen molar-refractivity contribution in [3.8, 4) is 22.5 Å². The van der Waals surface area contributed by atoms with Crippen LogP contribution in [0, 0.1) is 29.0 Å². The van der Waals surface area contributed by atoms with Crippen LogP contribution in [0.1, 0.15) is 65.0 Å². The van der Waals surface area contributed by atoms with E-state index in [1.807, 2.05) is 44.2 Å². The second-order valence-electron chi connectivity index (χ2n) is 16.7. The number of aromatic carboxylic acids is 2. The van der Waals surface area contributed by atoms with Crippen LogP contribution in [-0.2, 0) is 27.2 Å². The number of hydrogen-bond acceptors (Lipinski definition) is 10. The second-order valence-corrected chi connectivity index (χ2v) is 16.7. The lowest BCUT2D eigenvalue weighted by Crippen LogP contribution is -2.35. The molecular formula is C45H46F7N5O12. The standard InChI is InChI=1S/C22H24N2O5.C19H20FN3O3.2C2HF3O2/c1-2-13-10-17(20(26)27)19(25)23-18(13)14-5-7-16(8-6-14)24-11-15-4-3-9-22(15,12-24)21(28)29;1-2-9-5-12(19(25)26)18(24)22-17(9)11-4-3-10(6-15(11)20)23-7-13-14(8-23)16(13)21;2*3-2(4,5)1(6)7/h5-8,10,15H,2-4,9,11-12H2,1H3,(H,23,25)(H,26,27)(H,28,29);3-6,13-14,16H,2,7-8,21H2,1H3,(H,22,24)(H,25,26);2*(H,6,7)/t;13-,14+,16+;;. The van der Waals surface area contributed by atoms with E-state index in [1.165, 1.54) is 18.2 Å². The molecule has 0 amide bonds. The highest BCUT2D eigenvalue weighted by atomic mass is 19.4. The number of anilines is 2. The number of benzene rings is 2. The van der Waals surface area contributed by atoms with Gasteiger partial charge in [0.25, 0.3) is 11.1 Å². The summed E-state index contributed by atoms with van der Waals surface area (Å²) in [4.78, 5) is 85.7. The minimum Gasteiger partial charge on any atom is -0.481 e. The highest BCUT2D eigenvalue weighted by Crippen LogP contribution is 2.50. The normalized spacial score (nSPS) is 21.0. The Kier molecular flexibility index (Phi) is 15.7. The molecule has 0 bridgehead atoms. The van der Waals surface area contributed by atoms with E-state index in [-0.39, 0.29) is 28.7 Å². The second kappa shape index (κ2) is 20.5. The highest BCUT2D eigenvalue weighted by Gasteiger charge is 2.55. The third-order valence-electron chi connectivity index (χ3n) is 12.6. The quantitative estimate of drug-likeness (QED) is 0.0881. The summed E-state index contributed by atoms with van der Waals surface area (Å²) < 4.78 is 78.3. The fourth-order valence-electron chi connectivity index (χ4n) is 8.88. The number of aliphatic carboxylic acids is 3. The largest absolute Gasteiger partial charge is 0.490 e. The summed E-state index contributed by atoms with van der Waals surface area (Å²) in [6.45, 7) is 6.69. The predicted octanol–water partition coefficient (Wildman–Crippen LogP) is 6.10. The SMILES string of the molecule is CCc1cc(C(=O)O)c(=O)[nH]c1-c1ccc(N2CC3CCCC3(C(=O)O)C2)cc1.CCc1cc(C(=O)O)c(=O)[nH]c1-c1ccc(N2C[C@@H]3[C@@H](N)[C@@H]3C2)cc1F.O=C(O)C(F)(F)F.O=C(O)C(F)(F)F. The zero-order valence-corrected chi connectivity index (χ0v) is 36.6. The molecule has 2 saturated heterocycles. The summed E-state index contributed by atoms with van der Waals surface area (Å²) in [5.41, 5.74) is 8.48. The molecule has 2 saturated carbocycles. The fourth-order valence-corrected chi connectivity index (χ4v) is 8.88. The number of H-pyrrole nitrogens is 2. The molecule has 0 spiro atoms. The minimum atomic E-state index is -5.08. The number of carbonyl (C=O) groups is 5. The first-order chi connectivity index (χ1) is 32.1. The van der Waals surface area contributed by atoms with Gasteiger partial charge in [0.1, 0.15) is 16.9 Å². The van der Waals surface area contributed by atoms with Crippen LogP contribution in [0.4, 0.5) is 42.1 Å². The summed E-state index contributed by atoms with van der Waals surface area (Å²) in [6.07, 6.45) is -6.44. The molecule has 9 N–H and O–H groups in total. The third kappa shape index (κ3) is 11.7. The smallest absolute Gasteiger partial charge is 0.481 e. The molecular weight excluding hydrogens is 936 g/mol. The zero-order valence-electron chi connectivity index (χ0n) is 36.6. The molecule has 2 aliphatic carbocycles. The van der Waals surface area contributed by atoms with E-state index in [4.69, 9.17) is 35.7 Å². The van der Waals surface area contributed by atoms with E-state index in [1.54, 1.807) is 6.07 Å². The van der Waals surface area contributed by atoms with Crippen molar-refractivity contribution < 1.29 is 80.2 Å². The predicted molar refractivity (Wildman–Crippen MR) is 232 cm³/mol. The number of nitrogens with zero attached hydrogens (tertiary/aromatic N) is 2. The van der Waals surface area contributed by atoms with E-state index < -0.39 is 64.5 Å². The van der Waals surface area contributed by atoms with Gasteiger partial charge in [0.15, 0.2) is 0 Å². The van der Waals surface area contributed by atoms with Crippen molar-refractivity contribution in [1.82, 2.24) is 9.97 Å². The van der Waals surface area contributed by atoms with Gasteiger partial charge in [-0.25, -0.2) is 23.6 Å². The Hall–Kier alpha value is -7.24. The maximum absolute atomic E-state index is 14.8. The lowest BCUT2D eigenvalue weighted by Gasteiger charge is -2.24. The van der Waals surface area contributed by atoms with Crippen molar-refractivity contribution >= 4 is 41.2 Å². The number of aromatic nitrogens is 2. The molecule has 0 radical (unpaired) electrons. The van der Waals surface area contributed by atoms with Crippen LogP contribution >= 0.6 is 0 Å². The number of hydrogen-bond donors (Lipinski definition) is 8. The van der Waals surface area contributed by atoms with Crippen molar-refractivity contribution in [2.45, 2.75) is 64.3 Å². The number of carboxylic acid groups (broad SMARTS) is 5. The maximum Gasteiger partial charge on any atom is 0.490 e. The van der Waals surface area contributed by atoms with Gasteiger partial charge in [0.2, 0.25) is 0 Å². The van der Waals surface area contributed by atoms with E-state index in [0.29, 0.717) is 48.2 Å². The number of halogens is 7. The Labute approximate surface area is 386 Å². The first-order valence-corrected chi connectivity index (χ1v) is 21.1. The Morgan fingerprint density at radius 1 is 0.696 bits per heavy atom. The maximum atomic E-state index is 14.8. The van der Waals surface area contributed by atoms with Gasteiger partial charge in [0.05, 0.1) is 16.8 Å². The Morgan fingerprint density at radius 3 is 1.58 bits per heavy atom. The summed E-state index contributed by atoms with van der Waals surface area (Å²) in [5.74, 6) is -7.99. The Morgan fingerprint density at radius 2 is 1.16 bits per heavy atom. The van der Waals surface area contributed by atoms with Crippen molar-refractivity contribution in [1.29, 1.82) is 0 Å². The molecule has 4 fully saturated rings. The van der Waals surface area contributed by atoms with Crippen LogP contribution in [0.15, 0.2) is 64.2 Å². The topological polar surface area (TPSA) is 285 Å². The number of fused-ring (bicyclic) bond motifs is 2. The molecule has 8 rings (SSSR count). The van der Waals surface area contributed by atoms with Crippen molar-refractivity contribution in [2.75, 3.05) is 36.0 Å². The van der Waals surface area contributed by atoms with Gasteiger partial charge in [-0.15, -0.1) is 0 Å². The average molecular weight is 982 g/mol. The minimum absolute atomic E-state index is 0.186. The number of nitrogens with two attached hydrogens (primary N) is 1. The van der Waals surface area contributed by atoms with Crippen molar-refractivity contribution in [2.24, 2.45) is 28.9 Å². The molecule has 4 aliphatic rings. The van der Waals surface area contributed by atoms with E-state index in [9.17, 15) is 59.8 Å². The first-order valence-electron chi connectivity index (χ1n) is 21.1. The van der Waals surface area contributed by atoms with Crippen molar-refractivity contribution in [3.05, 3.63) is 103 Å². The molecule has 2 aromatic heterocycles. The molecule has 5 atom stereocenters. The summed E-state index contributed by atoms with van der Waals surface area (Å²) in [7, 11) is 0. The van der Waals surface area contributed by atoms with Gasteiger partial charge in [-0.2, -0.15) is 26.3 Å². The number of pyridine rings is 2. The van der Waals surface area contributed by atoms with Gasteiger partial charge in [-0.05, 0) is 103 Å². The summed E-state index contributed by atoms with van der Waals surface area (Å²) in [5, 5.41) is 42.3. The van der Waals surface area contributed by atoms with Crippen LogP contribution in [0.5, 0.6) is 0 Å². The monoisotopic (exact) mass is 981 g/mol. The molecule has 17 nitrogen and oxygen atoms in total. The molecule has 24 heteroatoms. The molecule has 4 aromatic rings. The number of alkyl halides is 6. The number of aromatic amines is 2. The number of aryl methyl sites for hydroxylation is 2. The van der Waals surface area contributed by atoms with Crippen LogP contribution in [0.25, 0.3) is 22.5 Å². The highest BCUT2D eigenvalue weighted by molar-refractivity contribution is 5.89. The Bertz CT molecular complexity index is 2710. The first kappa shape index (κ1) is 52.7.